The number of nitrogens with zero attached hydrogens (tertiary/aromatic N) is 1. The second kappa shape index (κ2) is 6.31. The molecular weight excluding hydrogens is 238 g/mol. The van der Waals surface area contributed by atoms with E-state index in [4.69, 9.17) is 11.6 Å². The van der Waals surface area contributed by atoms with Crippen molar-refractivity contribution >= 4 is 23.4 Å². The number of halogens is 1. The van der Waals surface area contributed by atoms with Crippen molar-refractivity contribution in [3.63, 3.8) is 0 Å². The molecule has 0 bridgehead atoms. The standard InChI is InChI=1S/C13H16ClNS/c14-11-7-3-1-2-4-8-12(11)16-13-9-5-6-10-15-13/h3,5-7,9-12H,1-2,4,8H2/b7-3-. The number of pyridine rings is 1. The molecule has 3 heteroatoms. The molecular formula is C13H16ClNS. The van der Waals surface area contributed by atoms with Crippen LogP contribution in [0.1, 0.15) is 25.7 Å². The van der Waals surface area contributed by atoms with Crippen molar-refractivity contribution in [2.75, 3.05) is 0 Å². The van der Waals surface area contributed by atoms with Gasteiger partial charge in [0.1, 0.15) is 0 Å². The van der Waals surface area contributed by atoms with Crippen molar-refractivity contribution < 1.29 is 0 Å². The Labute approximate surface area is 106 Å². The molecule has 86 valence electrons. The van der Waals surface area contributed by atoms with Gasteiger partial charge in [-0.25, -0.2) is 4.98 Å². The number of alkyl halides is 1. The Hall–Kier alpha value is -0.470. The van der Waals surface area contributed by atoms with E-state index in [9.17, 15) is 0 Å². The number of hydrogen-bond acceptors (Lipinski definition) is 2. The van der Waals surface area contributed by atoms with E-state index in [-0.39, 0.29) is 5.38 Å². The molecule has 0 aromatic carbocycles. The van der Waals surface area contributed by atoms with Gasteiger partial charge in [0.15, 0.2) is 0 Å². The molecule has 16 heavy (non-hydrogen) atoms. The Kier molecular flexibility index (Phi) is 4.73. The van der Waals surface area contributed by atoms with E-state index in [2.05, 4.69) is 23.2 Å². The third-order valence-electron chi connectivity index (χ3n) is 2.69. The molecule has 0 saturated heterocycles. The highest BCUT2D eigenvalue weighted by Gasteiger charge is 2.19. The van der Waals surface area contributed by atoms with Crippen molar-refractivity contribution in [1.29, 1.82) is 0 Å². The lowest BCUT2D eigenvalue weighted by Crippen LogP contribution is -2.16. The Bertz CT molecular complexity index is 339. The number of allylic oxidation sites excluding steroid dienone is 2. The normalized spacial score (nSPS) is 28.1. The summed E-state index contributed by atoms with van der Waals surface area (Å²) in [5.41, 5.74) is 0. The lowest BCUT2D eigenvalue weighted by atomic mass is 10.1. The second-order valence-corrected chi connectivity index (χ2v) is 5.74. The molecule has 1 aliphatic rings. The van der Waals surface area contributed by atoms with E-state index >= 15 is 0 Å². The lowest BCUT2D eigenvalue weighted by molar-refractivity contribution is 0.651. The predicted octanol–water partition coefficient (Wildman–Crippen LogP) is 4.28. The highest BCUT2D eigenvalue weighted by molar-refractivity contribution is 8.00. The molecule has 1 nitrogen and oxygen atoms in total. The number of aromatic nitrogens is 1. The van der Waals surface area contributed by atoms with Crippen LogP contribution in [0.15, 0.2) is 41.6 Å². The van der Waals surface area contributed by atoms with Crippen molar-refractivity contribution in [1.82, 2.24) is 4.98 Å². The summed E-state index contributed by atoms with van der Waals surface area (Å²) >= 11 is 8.18. The molecule has 1 aromatic heterocycles. The molecule has 0 aliphatic heterocycles. The van der Waals surface area contributed by atoms with Gasteiger partial charge >= 0.3 is 0 Å². The summed E-state index contributed by atoms with van der Waals surface area (Å²) < 4.78 is 0. The van der Waals surface area contributed by atoms with E-state index in [0.717, 1.165) is 5.03 Å². The Morgan fingerprint density at radius 3 is 3.06 bits per heavy atom. The Balaban J connectivity index is 2.01. The van der Waals surface area contributed by atoms with Gasteiger partial charge in [0, 0.05) is 11.4 Å². The fourth-order valence-electron chi connectivity index (χ4n) is 1.81. The average Bonchev–Trinajstić information content (AvgIpc) is 2.30. The third kappa shape index (κ3) is 3.53. The van der Waals surface area contributed by atoms with Crippen LogP contribution in [0.4, 0.5) is 0 Å². The number of thioether (sulfide) groups is 1. The fraction of sp³-hybridized carbons (Fsp3) is 0.462. The molecule has 2 unspecified atom stereocenters. The van der Waals surface area contributed by atoms with Crippen LogP contribution in [0, 0.1) is 0 Å². The van der Waals surface area contributed by atoms with Crippen LogP contribution in [0.5, 0.6) is 0 Å². The smallest absolute Gasteiger partial charge is 0.0963 e. The van der Waals surface area contributed by atoms with Gasteiger partial charge in [0.25, 0.3) is 0 Å². The van der Waals surface area contributed by atoms with Crippen molar-refractivity contribution in [3.05, 3.63) is 36.5 Å². The number of rotatable bonds is 2. The maximum absolute atomic E-state index is 6.37. The van der Waals surface area contributed by atoms with Gasteiger partial charge in [-0.3, -0.25) is 0 Å². The van der Waals surface area contributed by atoms with Gasteiger partial charge in [-0.15, -0.1) is 23.4 Å². The van der Waals surface area contributed by atoms with Gasteiger partial charge in [0.05, 0.1) is 10.4 Å². The maximum Gasteiger partial charge on any atom is 0.0963 e. The van der Waals surface area contributed by atoms with E-state index in [1.165, 1.54) is 25.7 Å². The lowest BCUT2D eigenvalue weighted by Gasteiger charge is -2.20. The maximum atomic E-state index is 6.37. The molecule has 1 aromatic rings. The summed E-state index contributed by atoms with van der Waals surface area (Å²) in [6, 6.07) is 6.02. The first kappa shape index (κ1) is 12.0. The highest BCUT2D eigenvalue weighted by Crippen LogP contribution is 2.31. The largest absolute Gasteiger partial charge is 0.250 e. The monoisotopic (exact) mass is 253 g/mol. The van der Waals surface area contributed by atoms with Crippen LogP contribution >= 0.6 is 23.4 Å². The summed E-state index contributed by atoms with van der Waals surface area (Å²) in [5.74, 6) is 0. The van der Waals surface area contributed by atoms with E-state index in [1.807, 2.05) is 18.3 Å². The SMILES string of the molecule is ClC1/C=C\CCCCC1Sc1ccccn1. The van der Waals surface area contributed by atoms with Crippen molar-refractivity contribution in [2.24, 2.45) is 0 Å². The molecule has 1 aliphatic carbocycles. The molecule has 2 rings (SSSR count). The molecule has 0 saturated carbocycles. The van der Waals surface area contributed by atoms with Gasteiger partial charge in [-0.2, -0.15) is 0 Å². The average molecular weight is 254 g/mol. The summed E-state index contributed by atoms with van der Waals surface area (Å²) in [6.45, 7) is 0. The molecule has 1 heterocycles. The minimum atomic E-state index is 0.132. The van der Waals surface area contributed by atoms with E-state index in [1.54, 1.807) is 11.8 Å². The molecule has 0 fully saturated rings. The molecule has 2 atom stereocenters. The minimum Gasteiger partial charge on any atom is -0.250 e. The van der Waals surface area contributed by atoms with Crippen LogP contribution in [-0.4, -0.2) is 15.6 Å². The van der Waals surface area contributed by atoms with Crippen LogP contribution in [0.3, 0.4) is 0 Å². The molecule has 0 radical (unpaired) electrons. The van der Waals surface area contributed by atoms with Gasteiger partial charge in [-0.1, -0.05) is 24.6 Å². The van der Waals surface area contributed by atoms with Crippen LogP contribution in [-0.2, 0) is 0 Å². The van der Waals surface area contributed by atoms with E-state index < -0.39 is 0 Å². The minimum absolute atomic E-state index is 0.132. The third-order valence-corrected chi connectivity index (χ3v) is 4.61. The quantitative estimate of drug-likeness (QED) is 0.576. The first-order chi connectivity index (χ1) is 7.86. The van der Waals surface area contributed by atoms with Crippen molar-refractivity contribution in [2.45, 2.75) is 41.3 Å². The van der Waals surface area contributed by atoms with Gasteiger partial charge < -0.3 is 0 Å². The highest BCUT2D eigenvalue weighted by atomic mass is 35.5. The summed E-state index contributed by atoms with van der Waals surface area (Å²) in [6.07, 6.45) is 11.1. The number of hydrogen-bond donors (Lipinski definition) is 0. The first-order valence-electron chi connectivity index (χ1n) is 5.75. The topological polar surface area (TPSA) is 12.9 Å². The second-order valence-electron chi connectivity index (χ2n) is 3.98. The van der Waals surface area contributed by atoms with Crippen LogP contribution in [0.2, 0.25) is 0 Å². The molecule has 0 amide bonds. The zero-order valence-corrected chi connectivity index (χ0v) is 10.8. The summed E-state index contributed by atoms with van der Waals surface area (Å²) in [5, 5.41) is 1.66. The van der Waals surface area contributed by atoms with Gasteiger partial charge in [0.2, 0.25) is 0 Å². The zero-order chi connectivity index (χ0) is 11.2. The zero-order valence-electron chi connectivity index (χ0n) is 9.18. The summed E-state index contributed by atoms with van der Waals surface area (Å²) in [7, 11) is 0. The summed E-state index contributed by atoms with van der Waals surface area (Å²) in [4.78, 5) is 4.34. The van der Waals surface area contributed by atoms with Gasteiger partial charge in [-0.05, 0) is 31.4 Å². The fourth-order valence-corrected chi connectivity index (χ4v) is 3.29. The molecule has 0 spiro atoms. The van der Waals surface area contributed by atoms with E-state index in [0.29, 0.717) is 5.25 Å². The molecule has 0 N–H and O–H groups in total. The van der Waals surface area contributed by atoms with Crippen molar-refractivity contribution in [3.8, 4) is 0 Å². The first-order valence-corrected chi connectivity index (χ1v) is 7.06. The Morgan fingerprint density at radius 1 is 1.31 bits per heavy atom. The van der Waals surface area contributed by atoms with Crippen LogP contribution in [0.25, 0.3) is 0 Å². The van der Waals surface area contributed by atoms with Crippen LogP contribution < -0.4 is 0 Å². The predicted molar refractivity (Wildman–Crippen MR) is 71.1 cm³/mol. The Morgan fingerprint density at radius 2 is 2.25 bits per heavy atom.